The SMILES string of the molecule is CC1CCCC1NC(=O)Nc1cc(Br)cc(C(=O)O)c1. The van der Waals surface area contributed by atoms with Crippen LogP contribution in [0, 0.1) is 5.92 Å². The minimum absolute atomic E-state index is 0.129. The Morgan fingerprint density at radius 2 is 2.05 bits per heavy atom. The van der Waals surface area contributed by atoms with Gasteiger partial charge < -0.3 is 15.7 Å². The highest BCUT2D eigenvalue weighted by Gasteiger charge is 2.24. The molecule has 0 radical (unpaired) electrons. The summed E-state index contributed by atoms with van der Waals surface area (Å²) >= 11 is 3.23. The molecule has 5 nitrogen and oxygen atoms in total. The number of amides is 2. The third-order valence-corrected chi connectivity index (χ3v) is 4.04. The zero-order valence-corrected chi connectivity index (χ0v) is 12.7. The molecule has 0 aromatic heterocycles. The van der Waals surface area contributed by atoms with Crippen LogP contribution in [0.3, 0.4) is 0 Å². The lowest BCUT2D eigenvalue weighted by Crippen LogP contribution is -2.39. The van der Waals surface area contributed by atoms with E-state index in [0.29, 0.717) is 16.1 Å². The largest absolute Gasteiger partial charge is 0.478 e. The molecule has 2 rings (SSSR count). The zero-order valence-electron chi connectivity index (χ0n) is 11.1. The predicted molar refractivity (Wildman–Crippen MR) is 80.1 cm³/mol. The maximum absolute atomic E-state index is 11.9. The van der Waals surface area contributed by atoms with Crippen LogP contribution in [-0.2, 0) is 0 Å². The minimum atomic E-state index is -1.03. The van der Waals surface area contributed by atoms with Crippen molar-refractivity contribution in [2.24, 2.45) is 5.92 Å². The zero-order chi connectivity index (χ0) is 14.7. The Morgan fingerprint density at radius 3 is 2.65 bits per heavy atom. The molecule has 1 aliphatic rings. The van der Waals surface area contributed by atoms with E-state index in [4.69, 9.17) is 5.11 Å². The number of hydrogen-bond acceptors (Lipinski definition) is 2. The molecule has 2 amide bonds. The lowest BCUT2D eigenvalue weighted by molar-refractivity contribution is 0.0697. The summed E-state index contributed by atoms with van der Waals surface area (Å²) in [5.74, 6) is -0.544. The first-order valence-electron chi connectivity index (χ1n) is 6.57. The molecule has 2 unspecified atom stereocenters. The molecule has 108 valence electrons. The fourth-order valence-corrected chi connectivity index (χ4v) is 2.97. The fraction of sp³-hybridized carbons (Fsp3) is 0.429. The number of urea groups is 1. The molecule has 1 aromatic rings. The van der Waals surface area contributed by atoms with E-state index < -0.39 is 5.97 Å². The van der Waals surface area contributed by atoms with Gasteiger partial charge in [-0.25, -0.2) is 9.59 Å². The lowest BCUT2D eigenvalue weighted by Gasteiger charge is -2.17. The first kappa shape index (κ1) is 14.8. The number of rotatable bonds is 3. The van der Waals surface area contributed by atoms with Gasteiger partial charge in [0.2, 0.25) is 0 Å². The number of carboxylic acids is 1. The molecular formula is C14H17BrN2O3. The van der Waals surface area contributed by atoms with E-state index in [0.717, 1.165) is 19.3 Å². The Hall–Kier alpha value is -1.56. The fourth-order valence-electron chi connectivity index (χ4n) is 2.48. The van der Waals surface area contributed by atoms with Crippen LogP contribution in [0.1, 0.15) is 36.5 Å². The van der Waals surface area contributed by atoms with Crippen molar-refractivity contribution in [1.29, 1.82) is 0 Å². The monoisotopic (exact) mass is 340 g/mol. The number of anilines is 1. The average Bonchev–Trinajstić information content (AvgIpc) is 2.74. The van der Waals surface area contributed by atoms with Gasteiger partial charge >= 0.3 is 12.0 Å². The van der Waals surface area contributed by atoms with Crippen LogP contribution in [-0.4, -0.2) is 23.1 Å². The number of carboxylic acid groups (broad SMARTS) is 1. The number of hydrogen-bond donors (Lipinski definition) is 3. The Balaban J connectivity index is 2.02. The Kier molecular flexibility index (Phi) is 4.65. The summed E-state index contributed by atoms with van der Waals surface area (Å²) in [6.45, 7) is 2.12. The third-order valence-electron chi connectivity index (χ3n) is 3.58. The molecule has 1 fully saturated rings. The molecule has 1 saturated carbocycles. The van der Waals surface area contributed by atoms with Crippen molar-refractivity contribution >= 4 is 33.6 Å². The predicted octanol–water partition coefficient (Wildman–Crippen LogP) is 3.46. The Morgan fingerprint density at radius 1 is 1.30 bits per heavy atom. The summed E-state index contributed by atoms with van der Waals surface area (Å²) in [6.07, 6.45) is 3.25. The average molecular weight is 341 g/mol. The molecule has 0 spiro atoms. The third kappa shape index (κ3) is 3.72. The van der Waals surface area contributed by atoms with Crippen molar-refractivity contribution in [2.45, 2.75) is 32.2 Å². The highest BCUT2D eigenvalue weighted by Crippen LogP contribution is 2.25. The molecule has 1 aromatic carbocycles. The van der Waals surface area contributed by atoms with E-state index in [1.54, 1.807) is 6.07 Å². The molecule has 0 aliphatic heterocycles. The van der Waals surface area contributed by atoms with Gasteiger partial charge in [-0.3, -0.25) is 0 Å². The Bertz CT molecular complexity index is 533. The lowest BCUT2D eigenvalue weighted by atomic mass is 10.1. The van der Waals surface area contributed by atoms with Gasteiger partial charge in [0.25, 0.3) is 0 Å². The number of benzene rings is 1. The van der Waals surface area contributed by atoms with Crippen molar-refractivity contribution in [2.75, 3.05) is 5.32 Å². The van der Waals surface area contributed by atoms with Crippen LogP contribution in [0.5, 0.6) is 0 Å². The molecule has 0 saturated heterocycles. The van der Waals surface area contributed by atoms with Crippen molar-refractivity contribution in [3.8, 4) is 0 Å². The van der Waals surface area contributed by atoms with Gasteiger partial charge in [-0.1, -0.05) is 29.3 Å². The van der Waals surface area contributed by atoms with Crippen molar-refractivity contribution < 1.29 is 14.7 Å². The summed E-state index contributed by atoms with van der Waals surface area (Å²) < 4.78 is 0.613. The van der Waals surface area contributed by atoms with Gasteiger partial charge in [-0.2, -0.15) is 0 Å². The molecule has 6 heteroatoms. The van der Waals surface area contributed by atoms with Crippen LogP contribution in [0.4, 0.5) is 10.5 Å². The summed E-state index contributed by atoms with van der Waals surface area (Å²) in [5, 5.41) is 14.6. The van der Waals surface area contributed by atoms with E-state index in [-0.39, 0.29) is 17.6 Å². The minimum Gasteiger partial charge on any atom is -0.478 e. The van der Waals surface area contributed by atoms with E-state index in [9.17, 15) is 9.59 Å². The van der Waals surface area contributed by atoms with Gasteiger partial charge in [-0.05, 0) is 37.0 Å². The second-order valence-electron chi connectivity index (χ2n) is 5.15. The maximum Gasteiger partial charge on any atom is 0.335 e. The first-order valence-corrected chi connectivity index (χ1v) is 7.36. The summed E-state index contributed by atoms with van der Waals surface area (Å²) in [5.41, 5.74) is 0.587. The number of halogens is 1. The summed E-state index contributed by atoms with van der Waals surface area (Å²) in [7, 11) is 0. The Labute approximate surface area is 125 Å². The van der Waals surface area contributed by atoms with Gasteiger partial charge in [0.15, 0.2) is 0 Å². The second-order valence-corrected chi connectivity index (χ2v) is 6.06. The van der Waals surface area contributed by atoms with Gasteiger partial charge in [0.1, 0.15) is 0 Å². The number of nitrogens with one attached hydrogen (secondary N) is 2. The molecule has 20 heavy (non-hydrogen) atoms. The molecule has 3 N–H and O–H groups in total. The van der Waals surface area contributed by atoms with Crippen LogP contribution < -0.4 is 10.6 Å². The van der Waals surface area contributed by atoms with Gasteiger partial charge in [0, 0.05) is 16.2 Å². The number of aromatic carboxylic acids is 1. The summed E-state index contributed by atoms with van der Waals surface area (Å²) in [4.78, 5) is 22.9. The number of carbonyl (C=O) groups excluding carboxylic acids is 1. The van der Waals surface area contributed by atoms with Crippen molar-refractivity contribution in [3.63, 3.8) is 0 Å². The maximum atomic E-state index is 11.9. The number of carbonyl (C=O) groups is 2. The smallest absolute Gasteiger partial charge is 0.335 e. The van der Waals surface area contributed by atoms with Crippen molar-refractivity contribution in [3.05, 3.63) is 28.2 Å². The van der Waals surface area contributed by atoms with Crippen LogP contribution in [0.25, 0.3) is 0 Å². The molecular weight excluding hydrogens is 324 g/mol. The van der Waals surface area contributed by atoms with Gasteiger partial charge in [0.05, 0.1) is 5.56 Å². The molecule has 1 aliphatic carbocycles. The van der Waals surface area contributed by atoms with Crippen LogP contribution in [0.15, 0.2) is 22.7 Å². The van der Waals surface area contributed by atoms with E-state index in [1.807, 2.05) is 0 Å². The van der Waals surface area contributed by atoms with Crippen LogP contribution >= 0.6 is 15.9 Å². The van der Waals surface area contributed by atoms with Crippen molar-refractivity contribution in [1.82, 2.24) is 5.32 Å². The molecule has 0 bridgehead atoms. The normalized spacial score (nSPS) is 21.5. The summed E-state index contributed by atoms with van der Waals surface area (Å²) in [6, 6.07) is 4.50. The van der Waals surface area contributed by atoms with E-state index in [1.165, 1.54) is 12.1 Å². The van der Waals surface area contributed by atoms with E-state index >= 15 is 0 Å². The second kappa shape index (κ2) is 6.26. The topological polar surface area (TPSA) is 78.4 Å². The highest BCUT2D eigenvalue weighted by molar-refractivity contribution is 9.10. The van der Waals surface area contributed by atoms with Gasteiger partial charge in [-0.15, -0.1) is 0 Å². The first-order chi connectivity index (χ1) is 9.45. The van der Waals surface area contributed by atoms with E-state index in [2.05, 4.69) is 33.5 Å². The molecule has 2 atom stereocenters. The quantitative estimate of drug-likeness (QED) is 0.788. The molecule has 0 heterocycles. The van der Waals surface area contributed by atoms with Crippen LogP contribution in [0.2, 0.25) is 0 Å². The highest BCUT2D eigenvalue weighted by atomic mass is 79.9. The standard InChI is InChI=1S/C14H17BrN2O3/c1-8-3-2-4-12(8)17-14(20)16-11-6-9(13(18)19)5-10(15)7-11/h5-8,12H,2-4H2,1H3,(H,18,19)(H2,16,17,20).